The van der Waals surface area contributed by atoms with Crippen molar-refractivity contribution in [2.24, 2.45) is 0 Å². The Labute approximate surface area is 169 Å². The van der Waals surface area contributed by atoms with Crippen molar-refractivity contribution in [3.8, 4) is 5.75 Å². The maximum atomic E-state index is 12.1. The van der Waals surface area contributed by atoms with Gasteiger partial charge in [0, 0.05) is 49.4 Å². The number of benzene rings is 1. The average molecular weight is 413 g/mol. The monoisotopic (exact) mass is 412 g/mol. The van der Waals surface area contributed by atoms with E-state index in [2.05, 4.69) is 17.9 Å². The molecule has 0 spiro atoms. The molecule has 27 heavy (non-hydrogen) atoms. The summed E-state index contributed by atoms with van der Waals surface area (Å²) in [6.07, 6.45) is 0.358. The Morgan fingerprint density at radius 3 is 2.78 bits per heavy atom. The number of carbonyl (C=O) groups excluding carboxylic acids is 1. The van der Waals surface area contributed by atoms with Crippen LogP contribution in [0, 0.1) is 10.1 Å². The average Bonchev–Trinajstić information content (AvgIpc) is 2.55. The summed E-state index contributed by atoms with van der Waals surface area (Å²) < 4.78 is 0.427. The van der Waals surface area contributed by atoms with E-state index in [1.165, 1.54) is 18.2 Å². The summed E-state index contributed by atoms with van der Waals surface area (Å²) >= 11 is 9.49. The van der Waals surface area contributed by atoms with Gasteiger partial charge in [0.15, 0.2) is 0 Å². The molecule has 1 aliphatic rings. The summed E-state index contributed by atoms with van der Waals surface area (Å²) in [5.74, 6) is -0.0517. The van der Waals surface area contributed by atoms with Crippen molar-refractivity contribution in [2.75, 3.05) is 26.2 Å². The molecule has 148 valence electrons. The first kappa shape index (κ1) is 21.4. The van der Waals surface area contributed by atoms with Crippen molar-refractivity contribution < 1.29 is 14.8 Å². The van der Waals surface area contributed by atoms with Gasteiger partial charge in [-0.15, -0.1) is 12.6 Å². The molecule has 0 radical (unpaired) electrons. The molecule has 0 bridgehead atoms. The first-order valence-electron chi connectivity index (χ1n) is 8.65. The molecule has 1 atom stereocenters. The van der Waals surface area contributed by atoms with Crippen LogP contribution in [0.5, 0.6) is 5.75 Å². The highest BCUT2D eigenvalue weighted by molar-refractivity contribution is 8.10. The highest BCUT2D eigenvalue weighted by Crippen LogP contribution is 2.26. The maximum absolute atomic E-state index is 12.1. The number of nitrogens with zero attached hydrogens (tertiary/aromatic N) is 3. The third kappa shape index (κ3) is 6.05. The van der Waals surface area contributed by atoms with E-state index in [9.17, 15) is 20.0 Å². The maximum Gasteiger partial charge on any atom is 0.269 e. The van der Waals surface area contributed by atoms with E-state index in [0.717, 1.165) is 0 Å². The van der Waals surface area contributed by atoms with E-state index in [1.807, 2.05) is 23.6 Å². The van der Waals surface area contributed by atoms with E-state index in [1.54, 1.807) is 0 Å². The second kappa shape index (κ2) is 9.34. The van der Waals surface area contributed by atoms with Gasteiger partial charge in [0.2, 0.25) is 5.91 Å². The molecule has 0 saturated carbocycles. The minimum atomic E-state index is -0.493. The number of hydrogen-bond donors (Lipinski definition) is 3. The minimum absolute atomic E-state index is 0.000284. The number of rotatable bonds is 6. The van der Waals surface area contributed by atoms with Crippen molar-refractivity contribution in [1.29, 1.82) is 0 Å². The van der Waals surface area contributed by atoms with Crippen molar-refractivity contribution in [2.45, 2.75) is 32.4 Å². The second-order valence-corrected chi connectivity index (χ2v) is 7.97. The highest BCUT2D eigenvalue weighted by atomic mass is 32.1. The Bertz CT molecular complexity index is 729. The van der Waals surface area contributed by atoms with Crippen molar-refractivity contribution in [3.63, 3.8) is 0 Å². The molecule has 1 unspecified atom stereocenters. The predicted molar refractivity (Wildman–Crippen MR) is 110 cm³/mol. The van der Waals surface area contributed by atoms with Gasteiger partial charge in [0.25, 0.3) is 5.69 Å². The summed E-state index contributed by atoms with van der Waals surface area (Å²) in [7, 11) is 0. The summed E-state index contributed by atoms with van der Waals surface area (Å²) in [4.78, 5) is 26.5. The van der Waals surface area contributed by atoms with Gasteiger partial charge >= 0.3 is 0 Å². The minimum Gasteiger partial charge on any atom is -0.508 e. The molecule has 1 fully saturated rings. The number of phenols is 1. The number of nitro benzene ring substituents is 1. The standard InChI is InChI=1S/C17H24N4O4S2/c1-11(2)18-16(23)10-19-5-6-20(17(26)27)14(9-19)8-12-7-13(21(24)25)3-4-15(12)22/h3-4,7,11,14,22H,5-6,8-10H2,1-2H3,(H,18,23)(H,26,27). The fourth-order valence-corrected chi connectivity index (χ4v) is 3.67. The lowest BCUT2D eigenvalue weighted by atomic mass is 10.0. The predicted octanol–water partition coefficient (Wildman–Crippen LogP) is 1.57. The van der Waals surface area contributed by atoms with Crippen LogP contribution in [0.1, 0.15) is 19.4 Å². The normalized spacial score (nSPS) is 17.8. The fraction of sp³-hybridized carbons (Fsp3) is 0.529. The summed E-state index contributed by atoms with van der Waals surface area (Å²) in [6, 6.07) is 3.89. The van der Waals surface area contributed by atoms with Gasteiger partial charge in [-0.25, -0.2) is 0 Å². The van der Waals surface area contributed by atoms with Crippen LogP contribution in [0.3, 0.4) is 0 Å². The first-order chi connectivity index (χ1) is 12.7. The second-order valence-electron chi connectivity index (χ2n) is 6.86. The van der Waals surface area contributed by atoms with Crippen LogP contribution in [0.15, 0.2) is 18.2 Å². The molecule has 1 saturated heterocycles. The molecule has 1 aromatic rings. The molecular formula is C17H24N4O4S2. The number of nitrogens with one attached hydrogen (secondary N) is 1. The van der Waals surface area contributed by atoms with Gasteiger partial charge in [-0.05, 0) is 26.3 Å². The largest absolute Gasteiger partial charge is 0.508 e. The fourth-order valence-electron chi connectivity index (χ4n) is 3.16. The van der Waals surface area contributed by atoms with Crippen molar-refractivity contribution >= 4 is 40.8 Å². The lowest BCUT2D eigenvalue weighted by molar-refractivity contribution is -0.384. The molecule has 0 aliphatic carbocycles. The Hall–Kier alpha value is -1.91. The molecule has 1 aliphatic heterocycles. The Kier molecular flexibility index (Phi) is 7.40. The number of hydrogen-bond acceptors (Lipinski definition) is 6. The van der Waals surface area contributed by atoms with Crippen LogP contribution in [0.4, 0.5) is 5.69 Å². The van der Waals surface area contributed by atoms with Crippen LogP contribution in [-0.2, 0) is 11.2 Å². The van der Waals surface area contributed by atoms with E-state index in [4.69, 9.17) is 12.2 Å². The van der Waals surface area contributed by atoms with Crippen molar-refractivity contribution in [3.05, 3.63) is 33.9 Å². The number of nitro groups is 1. The van der Waals surface area contributed by atoms with E-state index in [-0.39, 0.29) is 36.0 Å². The Balaban J connectivity index is 2.15. The molecule has 1 aromatic carbocycles. The zero-order valence-electron chi connectivity index (χ0n) is 15.3. The highest BCUT2D eigenvalue weighted by Gasteiger charge is 2.30. The van der Waals surface area contributed by atoms with Crippen molar-refractivity contribution in [1.82, 2.24) is 15.1 Å². The topological polar surface area (TPSA) is 99.0 Å². The van der Waals surface area contributed by atoms with Crippen LogP contribution < -0.4 is 5.32 Å². The zero-order valence-corrected chi connectivity index (χ0v) is 17.0. The number of carbonyl (C=O) groups is 1. The lowest BCUT2D eigenvalue weighted by Gasteiger charge is -2.42. The third-order valence-electron chi connectivity index (χ3n) is 4.36. The van der Waals surface area contributed by atoms with Crippen LogP contribution in [-0.4, -0.2) is 68.3 Å². The summed E-state index contributed by atoms with van der Waals surface area (Å²) in [5, 5.41) is 24.0. The van der Waals surface area contributed by atoms with E-state index < -0.39 is 4.92 Å². The quantitative estimate of drug-likeness (QED) is 0.282. The number of amides is 1. The van der Waals surface area contributed by atoms with Gasteiger partial charge in [0.05, 0.1) is 11.5 Å². The molecule has 1 heterocycles. The van der Waals surface area contributed by atoms with Gasteiger partial charge in [0.1, 0.15) is 10.1 Å². The lowest BCUT2D eigenvalue weighted by Crippen LogP contribution is -2.56. The Morgan fingerprint density at radius 2 is 2.19 bits per heavy atom. The third-order valence-corrected chi connectivity index (χ3v) is 4.85. The molecular weight excluding hydrogens is 388 g/mol. The Morgan fingerprint density at radius 1 is 1.48 bits per heavy atom. The summed E-state index contributed by atoms with van der Waals surface area (Å²) in [5.41, 5.74) is 0.393. The van der Waals surface area contributed by atoms with Gasteiger partial charge in [-0.3, -0.25) is 19.8 Å². The zero-order chi connectivity index (χ0) is 20.1. The number of aromatic hydroxyl groups is 1. The number of non-ortho nitro benzene ring substituents is 1. The number of piperazine rings is 1. The molecule has 1 amide bonds. The van der Waals surface area contributed by atoms with Crippen LogP contribution in [0.2, 0.25) is 0 Å². The van der Waals surface area contributed by atoms with Gasteiger partial charge in [-0.2, -0.15) is 0 Å². The van der Waals surface area contributed by atoms with Gasteiger partial charge < -0.3 is 15.3 Å². The molecule has 10 heteroatoms. The first-order valence-corrected chi connectivity index (χ1v) is 9.50. The number of thiocarbonyl (C=S) groups is 1. The number of thiol groups is 1. The molecule has 0 aromatic heterocycles. The van der Waals surface area contributed by atoms with E-state index in [0.29, 0.717) is 35.9 Å². The SMILES string of the molecule is CC(C)NC(=O)CN1CCN(C(=S)S)C(Cc2cc([N+](=O)[O-])ccc2O)C1. The molecule has 2 N–H and O–H groups in total. The molecule has 2 rings (SSSR count). The van der Waals surface area contributed by atoms with E-state index >= 15 is 0 Å². The van der Waals surface area contributed by atoms with Gasteiger partial charge in [-0.1, -0.05) is 12.2 Å². The smallest absolute Gasteiger partial charge is 0.269 e. The molecule has 8 nitrogen and oxygen atoms in total. The van der Waals surface area contributed by atoms with Crippen LogP contribution >= 0.6 is 24.8 Å². The number of phenolic OH excluding ortho intramolecular Hbond substituents is 1. The summed E-state index contributed by atoms with van der Waals surface area (Å²) in [6.45, 7) is 5.87. The van der Waals surface area contributed by atoms with Crippen LogP contribution in [0.25, 0.3) is 0 Å².